The van der Waals surface area contributed by atoms with Gasteiger partial charge in [0.15, 0.2) is 12.4 Å². The summed E-state index contributed by atoms with van der Waals surface area (Å²) in [7, 11) is 0. The quantitative estimate of drug-likeness (QED) is 0.0991. The molecule has 1 saturated heterocycles. The number of anilines is 5. The van der Waals surface area contributed by atoms with Gasteiger partial charge < -0.3 is 40.5 Å². The molecule has 1 amide bonds. The van der Waals surface area contributed by atoms with E-state index < -0.39 is 36.4 Å². The normalized spacial score (nSPS) is 13.5. The number of carboxylic acid groups (broad SMARTS) is 3. The van der Waals surface area contributed by atoms with E-state index in [4.69, 9.17) is 69.2 Å². The summed E-state index contributed by atoms with van der Waals surface area (Å²) in [5.74, 6) is -6.13. The molecule has 4 aromatic rings. The maximum absolute atomic E-state index is 13.1. The second-order valence-corrected chi connectivity index (χ2v) is 13.3. The van der Waals surface area contributed by atoms with Crippen molar-refractivity contribution in [2.75, 3.05) is 48.3 Å². The first-order valence-corrected chi connectivity index (χ1v) is 17.9. The fourth-order valence-electron chi connectivity index (χ4n) is 4.78. The Labute approximate surface area is 357 Å². The minimum Gasteiger partial charge on any atom is -0.483 e. The van der Waals surface area contributed by atoms with Gasteiger partial charge >= 0.3 is 36.4 Å². The van der Waals surface area contributed by atoms with Gasteiger partial charge in [0.05, 0.1) is 18.1 Å². The number of halogens is 12. The number of rotatable bonds is 4. The van der Waals surface area contributed by atoms with Crippen molar-refractivity contribution >= 4 is 87.6 Å². The molecule has 0 spiro atoms. The van der Waals surface area contributed by atoms with Crippen molar-refractivity contribution in [3.8, 4) is 5.75 Å². The van der Waals surface area contributed by atoms with Crippen LogP contribution in [0.2, 0.25) is 15.2 Å². The van der Waals surface area contributed by atoms with Gasteiger partial charge in [-0.15, -0.1) is 0 Å². The summed E-state index contributed by atoms with van der Waals surface area (Å²) >= 11 is 18.6. The molecule has 0 aliphatic carbocycles. The molecule has 0 saturated carbocycles. The van der Waals surface area contributed by atoms with Gasteiger partial charge in [0, 0.05) is 43.1 Å². The zero-order chi connectivity index (χ0) is 46.6. The molecular formula is C34H28Cl3F9N8O8. The van der Waals surface area contributed by atoms with Crippen LogP contribution in [-0.2, 0) is 32.0 Å². The number of aliphatic carboxylic acids is 3. The first kappa shape index (κ1) is 50.3. The highest BCUT2D eigenvalue weighted by atomic mass is 35.5. The third kappa shape index (κ3) is 16.4. The summed E-state index contributed by atoms with van der Waals surface area (Å²) in [5, 5.41) is 29.1. The number of carbonyl (C=O) groups is 4. The SMILES string of the molecule is O=C(COc1ccc2cc1CCc1cncc(c1)Nc1ncc(Cl)c(n1)N2)N1CCN(c2cc(Cl)cc(Cl)n2)CC1.O=C(O)C(F)(F)F.O=C(O)C(F)(F)F.O=C(O)C(F)(F)F. The van der Waals surface area contributed by atoms with Gasteiger partial charge in [-0.2, -0.15) is 44.5 Å². The molecule has 16 nitrogen and oxygen atoms in total. The molecule has 5 N–H and O–H groups in total. The molecule has 336 valence electrons. The Kier molecular flexibility index (Phi) is 17.5. The minimum atomic E-state index is -5.08. The molecule has 6 bridgehead atoms. The zero-order valence-corrected chi connectivity index (χ0v) is 33.0. The van der Waals surface area contributed by atoms with Crippen molar-refractivity contribution in [2.24, 2.45) is 0 Å². The van der Waals surface area contributed by atoms with E-state index in [0.717, 1.165) is 28.9 Å². The second kappa shape index (κ2) is 21.6. The summed E-state index contributed by atoms with van der Waals surface area (Å²) in [4.78, 5) is 61.1. The molecule has 28 heteroatoms. The molecule has 0 atom stereocenters. The first-order valence-electron chi connectivity index (χ1n) is 16.7. The molecule has 1 aromatic carbocycles. The Bertz CT molecular complexity index is 2150. The molecule has 0 radical (unpaired) electrons. The van der Waals surface area contributed by atoms with E-state index in [9.17, 15) is 44.3 Å². The van der Waals surface area contributed by atoms with Crippen LogP contribution in [0.5, 0.6) is 5.75 Å². The van der Waals surface area contributed by atoms with Gasteiger partial charge in [-0.3, -0.25) is 9.78 Å². The number of benzene rings is 1. The van der Waals surface area contributed by atoms with Crippen molar-refractivity contribution in [3.05, 3.63) is 81.3 Å². The van der Waals surface area contributed by atoms with Crippen LogP contribution >= 0.6 is 34.8 Å². The van der Waals surface area contributed by atoms with Gasteiger partial charge in [0.2, 0.25) is 5.95 Å². The highest BCUT2D eigenvalue weighted by molar-refractivity contribution is 6.34. The summed E-state index contributed by atoms with van der Waals surface area (Å²) in [6.07, 6.45) is -8.76. The number of fused-ring (bicyclic) bond motifs is 6. The predicted molar refractivity (Wildman–Crippen MR) is 201 cm³/mol. The molecule has 3 aromatic heterocycles. The Morgan fingerprint density at radius 1 is 0.710 bits per heavy atom. The Hall–Kier alpha value is -6.08. The number of hydrogen-bond donors (Lipinski definition) is 5. The largest absolute Gasteiger partial charge is 0.490 e. The average molecular weight is 954 g/mol. The molecule has 2 aliphatic rings. The number of alkyl halides is 9. The predicted octanol–water partition coefficient (Wildman–Crippen LogP) is 7.44. The number of ether oxygens (including phenoxy) is 1. The standard InChI is InChI=1S/C28H25Cl3N8O2.3C2HF3O2/c29-19-11-24(31)36-25(12-19)38-5-7-39(8-6-38)26(40)16-41-23-4-3-20-10-18(23)2-1-17-9-21(14-32-13-17)35-28-33-15-22(30)27(34-20)37-28;3*3-2(4,5)1(6)7/h3-4,9-15H,1-2,5-8,16H2,(H2,33,34,35,37);3*(H,6,7). The van der Waals surface area contributed by atoms with Crippen LogP contribution in [0.1, 0.15) is 11.1 Å². The van der Waals surface area contributed by atoms with Gasteiger partial charge in [0.1, 0.15) is 21.7 Å². The van der Waals surface area contributed by atoms with Crippen LogP contribution in [0.15, 0.2) is 55.0 Å². The van der Waals surface area contributed by atoms with Crippen LogP contribution in [-0.4, -0.2) is 115 Å². The maximum atomic E-state index is 13.1. The molecule has 6 rings (SSSR count). The minimum absolute atomic E-state index is 0.0664. The highest BCUT2D eigenvalue weighted by Crippen LogP contribution is 2.31. The van der Waals surface area contributed by atoms with E-state index in [1.165, 1.54) is 0 Å². The van der Waals surface area contributed by atoms with Gasteiger partial charge in [-0.25, -0.2) is 24.4 Å². The lowest BCUT2D eigenvalue weighted by Gasteiger charge is -2.35. The smallest absolute Gasteiger partial charge is 0.483 e. The van der Waals surface area contributed by atoms with Crippen molar-refractivity contribution in [1.82, 2.24) is 24.8 Å². The molecule has 62 heavy (non-hydrogen) atoms. The number of piperazine rings is 1. The van der Waals surface area contributed by atoms with Crippen LogP contribution in [0.4, 0.5) is 68.5 Å². The Balaban J connectivity index is 0.000000403. The van der Waals surface area contributed by atoms with Gasteiger partial charge in [0.25, 0.3) is 5.91 Å². The van der Waals surface area contributed by atoms with E-state index in [2.05, 4.69) is 35.5 Å². The molecular weight excluding hydrogens is 926 g/mol. The topological polar surface area (TPSA) is 220 Å². The van der Waals surface area contributed by atoms with E-state index in [-0.39, 0.29) is 12.5 Å². The number of pyridine rings is 2. The number of nitrogens with zero attached hydrogens (tertiary/aromatic N) is 6. The molecule has 0 unspecified atom stereocenters. The number of aryl methyl sites for hydroxylation is 2. The van der Waals surface area contributed by atoms with Gasteiger partial charge in [-0.05, 0) is 60.4 Å². The molecule has 1 fully saturated rings. The third-order valence-corrected chi connectivity index (χ3v) is 8.27. The Morgan fingerprint density at radius 3 is 1.84 bits per heavy atom. The number of hydrogen-bond acceptors (Lipinski definition) is 12. The lowest BCUT2D eigenvalue weighted by Crippen LogP contribution is -2.50. The lowest BCUT2D eigenvalue weighted by atomic mass is 10.0. The van der Waals surface area contributed by atoms with E-state index in [1.54, 1.807) is 29.4 Å². The monoisotopic (exact) mass is 952 g/mol. The first-order chi connectivity index (χ1) is 28.7. The number of nitrogens with one attached hydrogen (secondary N) is 2. The van der Waals surface area contributed by atoms with Crippen molar-refractivity contribution in [1.29, 1.82) is 0 Å². The van der Waals surface area contributed by atoms with Crippen molar-refractivity contribution in [3.63, 3.8) is 0 Å². The van der Waals surface area contributed by atoms with E-state index in [1.807, 2.05) is 30.5 Å². The summed E-state index contributed by atoms with van der Waals surface area (Å²) in [5.41, 5.74) is 3.55. The fraction of sp³-hybridized carbons (Fsp3) is 0.294. The highest BCUT2D eigenvalue weighted by Gasteiger charge is 2.39. The number of carboxylic acids is 3. The Morgan fingerprint density at radius 2 is 1.29 bits per heavy atom. The van der Waals surface area contributed by atoms with Crippen molar-refractivity contribution in [2.45, 2.75) is 31.4 Å². The summed E-state index contributed by atoms with van der Waals surface area (Å²) in [6, 6.07) is 11.1. The second-order valence-electron chi connectivity index (χ2n) is 12.1. The lowest BCUT2D eigenvalue weighted by molar-refractivity contribution is -0.193. The van der Waals surface area contributed by atoms with Crippen molar-refractivity contribution < 1.29 is 78.7 Å². The van der Waals surface area contributed by atoms with E-state index in [0.29, 0.717) is 71.1 Å². The number of carbonyl (C=O) groups excluding carboxylic acids is 1. The number of amides is 1. The zero-order valence-electron chi connectivity index (χ0n) is 30.7. The fourth-order valence-corrected chi connectivity index (χ4v) is 5.38. The van der Waals surface area contributed by atoms with Gasteiger partial charge in [-0.1, -0.05) is 34.8 Å². The number of aromatic nitrogens is 4. The van der Waals surface area contributed by atoms with Crippen LogP contribution in [0.3, 0.4) is 0 Å². The van der Waals surface area contributed by atoms with Crippen LogP contribution in [0, 0.1) is 0 Å². The summed E-state index contributed by atoms with van der Waals surface area (Å²) < 4.78 is 101. The van der Waals surface area contributed by atoms with Crippen LogP contribution in [0.25, 0.3) is 0 Å². The molecule has 5 heterocycles. The van der Waals surface area contributed by atoms with Crippen LogP contribution < -0.4 is 20.3 Å². The summed E-state index contributed by atoms with van der Waals surface area (Å²) in [6.45, 7) is 2.27. The van der Waals surface area contributed by atoms with E-state index >= 15 is 0 Å². The average Bonchev–Trinajstić information content (AvgIpc) is 3.17. The molecule has 2 aliphatic heterocycles. The maximum Gasteiger partial charge on any atom is 0.490 e. The third-order valence-electron chi connectivity index (χ3n) is 7.58.